The first-order chi connectivity index (χ1) is 16.8. The van der Waals surface area contributed by atoms with Crippen LogP contribution in [0.2, 0.25) is 0 Å². The monoisotopic (exact) mass is 477 g/mol. The van der Waals surface area contributed by atoms with Crippen molar-refractivity contribution < 1.29 is 23.8 Å². The minimum Gasteiger partial charge on any atom is -0.503 e. The molecule has 1 atom stereocenters. The molecule has 0 aliphatic carbocycles. The van der Waals surface area contributed by atoms with Gasteiger partial charge in [-0.2, -0.15) is 0 Å². The molecule has 8 nitrogen and oxygen atoms in total. The summed E-state index contributed by atoms with van der Waals surface area (Å²) in [7, 11) is 0. The molecule has 2 aromatic heterocycles. The van der Waals surface area contributed by atoms with Crippen molar-refractivity contribution in [3.05, 3.63) is 83.5 Å². The predicted molar refractivity (Wildman–Crippen MR) is 130 cm³/mol. The molecule has 0 spiro atoms. The number of nitrogens with zero attached hydrogens (tertiary/aromatic N) is 3. The highest BCUT2D eigenvalue weighted by Crippen LogP contribution is 2.40. The van der Waals surface area contributed by atoms with Gasteiger partial charge in [0, 0.05) is 25.5 Å². The second-order valence-corrected chi connectivity index (χ2v) is 9.16. The van der Waals surface area contributed by atoms with Gasteiger partial charge in [0.25, 0.3) is 5.91 Å². The third-order valence-corrected chi connectivity index (χ3v) is 6.02. The predicted octanol–water partition coefficient (Wildman–Crippen LogP) is 4.88. The lowest BCUT2D eigenvalue weighted by molar-refractivity contribution is -0.129. The Morgan fingerprint density at radius 1 is 1.23 bits per heavy atom. The van der Waals surface area contributed by atoms with Crippen LogP contribution in [-0.2, 0) is 11.3 Å². The number of rotatable bonds is 11. The second kappa shape index (κ2) is 10.6. The van der Waals surface area contributed by atoms with Crippen molar-refractivity contribution in [3.8, 4) is 5.75 Å². The van der Waals surface area contributed by atoms with Gasteiger partial charge < -0.3 is 23.7 Å². The maximum Gasteiger partial charge on any atom is 0.290 e. The van der Waals surface area contributed by atoms with Crippen LogP contribution in [0.4, 0.5) is 0 Å². The highest BCUT2D eigenvalue weighted by Gasteiger charge is 2.44. The number of Topliss-reactive ketones (excluding diaryl/α,β-unsaturated/α-hetero) is 1. The van der Waals surface area contributed by atoms with Gasteiger partial charge in [-0.25, -0.2) is 4.98 Å². The van der Waals surface area contributed by atoms with E-state index in [2.05, 4.69) is 18.8 Å². The average molecular weight is 478 g/mol. The molecule has 8 heteroatoms. The van der Waals surface area contributed by atoms with Crippen molar-refractivity contribution in [2.24, 2.45) is 5.92 Å². The summed E-state index contributed by atoms with van der Waals surface area (Å²) in [5.74, 6) is 0.218. The van der Waals surface area contributed by atoms with Gasteiger partial charge in [-0.1, -0.05) is 26.0 Å². The zero-order chi connectivity index (χ0) is 24.9. The van der Waals surface area contributed by atoms with E-state index in [9.17, 15) is 14.7 Å². The Bertz CT molecular complexity index is 1210. The van der Waals surface area contributed by atoms with Gasteiger partial charge >= 0.3 is 0 Å². The largest absolute Gasteiger partial charge is 0.503 e. The molecule has 0 fully saturated rings. The number of ketones is 1. The second-order valence-electron chi connectivity index (χ2n) is 9.16. The van der Waals surface area contributed by atoms with E-state index in [1.54, 1.807) is 36.5 Å². The Hall–Kier alpha value is -3.81. The summed E-state index contributed by atoms with van der Waals surface area (Å²) in [6.45, 7) is 7.57. The quantitative estimate of drug-likeness (QED) is 0.396. The number of hydrogen-bond donors (Lipinski definition) is 1. The summed E-state index contributed by atoms with van der Waals surface area (Å²) in [5.41, 5.74) is 0.713. The van der Waals surface area contributed by atoms with Crippen LogP contribution in [0.25, 0.3) is 0 Å². The van der Waals surface area contributed by atoms with Crippen LogP contribution in [-0.4, -0.2) is 44.4 Å². The van der Waals surface area contributed by atoms with Crippen molar-refractivity contribution >= 4 is 11.7 Å². The van der Waals surface area contributed by atoms with Crippen LogP contribution in [0.15, 0.2) is 70.9 Å². The van der Waals surface area contributed by atoms with Crippen LogP contribution in [0.3, 0.4) is 0 Å². The normalized spacial score (nSPS) is 15.9. The maximum absolute atomic E-state index is 13.4. The van der Waals surface area contributed by atoms with E-state index in [-0.39, 0.29) is 11.3 Å². The Kier molecular flexibility index (Phi) is 7.39. The van der Waals surface area contributed by atoms with Crippen LogP contribution in [0.5, 0.6) is 5.75 Å². The molecule has 0 bridgehead atoms. The van der Waals surface area contributed by atoms with Crippen LogP contribution in [0.1, 0.15) is 54.6 Å². The first-order valence-corrected chi connectivity index (χ1v) is 11.9. The highest BCUT2D eigenvalue weighted by molar-refractivity contribution is 6.15. The van der Waals surface area contributed by atoms with Gasteiger partial charge in [0.15, 0.2) is 11.5 Å². The summed E-state index contributed by atoms with van der Waals surface area (Å²) < 4.78 is 13.4. The first kappa shape index (κ1) is 24.3. The summed E-state index contributed by atoms with van der Waals surface area (Å²) in [5, 5.41) is 10.8. The molecule has 35 heavy (non-hydrogen) atoms. The number of furan rings is 1. The smallest absolute Gasteiger partial charge is 0.290 e. The van der Waals surface area contributed by atoms with Crippen molar-refractivity contribution in [2.75, 3.05) is 13.2 Å². The van der Waals surface area contributed by atoms with Crippen molar-refractivity contribution in [1.82, 2.24) is 14.5 Å². The molecule has 3 heterocycles. The van der Waals surface area contributed by atoms with E-state index in [1.165, 1.54) is 0 Å². The number of benzene rings is 1. The molecule has 1 N–H and O–H groups in total. The highest BCUT2D eigenvalue weighted by atomic mass is 16.5. The molecule has 1 amide bonds. The molecule has 1 aromatic carbocycles. The number of ether oxygens (including phenoxy) is 1. The summed E-state index contributed by atoms with van der Waals surface area (Å²) in [6.07, 6.45) is 6.80. The zero-order valence-electron chi connectivity index (χ0n) is 20.3. The number of aryl methyl sites for hydroxylation is 2. The summed E-state index contributed by atoms with van der Waals surface area (Å²) in [6, 6.07) is 9.86. The molecule has 0 radical (unpaired) electrons. The van der Waals surface area contributed by atoms with Gasteiger partial charge in [-0.3, -0.25) is 9.59 Å². The number of hydrogen-bond acceptors (Lipinski definition) is 6. The van der Waals surface area contributed by atoms with Crippen molar-refractivity contribution in [3.63, 3.8) is 0 Å². The molecule has 0 saturated carbocycles. The number of imidazole rings is 1. The van der Waals surface area contributed by atoms with Crippen LogP contribution < -0.4 is 4.74 Å². The topological polar surface area (TPSA) is 97.8 Å². The fourth-order valence-corrected chi connectivity index (χ4v) is 4.18. The molecule has 184 valence electrons. The lowest BCUT2D eigenvalue weighted by Gasteiger charge is -2.27. The van der Waals surface area contributed by atoms with Crippen molar-refractivity contribution in [2.45, 2.75) is 46.2 Å². The third kappa shape index (κ3) is 5.48. The van der Waals surface area contributed by atoms with Crippen LogP contribution >= 0.6 is 0 Å². The van der Waals surface area contributed by atoms with E-state index >= 15 is 0 Å². The molecule has 0 saturated heterocycles. The average Bonchev–Trinajstić information content (AvgIpc) is 3.56. The van der Waals surface area contributed by atoms with Gasteiger partial charge in [0.2, 0.25) is 5.78 Å². The Balaban J connectivity index is 1.64. The minimum absolute atomic E-state index is 0.0197. The third-order valence-electron chi connectivity index (χ3n) is 6.02. The van der Waals surface area contributed by atoms with E-state index < -0.39 is 23.5 Å². The Morgan fingerprint density at radius 3 is 2.74 bits per heavy atom. The lowest BCUT2D eigenvalue weighted by Crippen LogP contribution is -2.32. The maximum atomic E-state index is 13.4. The number of amides is 1. The van der Waals surface area contributed by atoms with E-state index in [4.69, 9.17) is 9.15 Å². The number of aliphatic hydroxyl groups is 1. The van der Waals surface area contributed by atoms with Gasteiger partial charge in [-0.05, 0) is 55.5 Å². The number of carbonyl (C=O) groups is 2. The first-order valence-electron chi connectivity index (χ1n) is 11.9. The number of aliphatic hydroxyl groups excluding tert-OH is 1. The molecular weight excluding hydrogens is 446 g/mol. The standard InChI is InChI=1S/C27H31N3O5/c1-18(2)10-15-34-21-7-4-6-20(16-21)24-23(25(31)22-9-8-19(3)35-22)26(32)27(33)30(24)13-5-12-29-14-11-28-17-29/h4,6-9,11,14,16-18,24,32H,5,10,12-13,15H2,1-3H3. The molecule has 1 aliphatic rings. The van der Waals surface area contributed by atoms with E-state index in [1.807, 2.05) is 35.0 Å². The van der Waals surface area contributed by atoms with Crippen molar-refractivity contribution in [1.29, 1.82) is 0 Å². The molecule has 4 rings (SSSR count). The molecule has 1 aliphatic heterocycles. The number of carbonyl (C=O) groups excluding carboxylic acids is 2. The SMILES string of the molecule is Cc1ccc(C(=O)C2=C(O)C(=O)N(CCCn3ccnc3)C2c2cccc(OCCC(C)C)c2)o1. The van der Waals surface area contributed by atoms with E-state index in [0.717, 1.165) is 6.42 Å². The van der Waals surface area contributed by atoms with Gasteiger partial charge in [0.1, 0.15) is 11.5 Å². The summed E-state index contributed by atoms with van der Waals surface area (Å²) in [4.78, 5) is 32.1. The Labute approximate surface area is 204 Å². The zero-order valence-corrected chi connectivity index (χ0v) is 20.3. The number of aromatic nitrogens is 2. The fourth-order valence-electron chi connectivity index (χ4n) is 4.18. The van der Waals surface area contributed by atoms with Crippen LogP contribution in [0, 0.1) is 12.8 Å². The summed E-state index contributed by atoms with van der Waals surface area (Å²) >= 11 is 0. The van der Waals surface area contributed by atoms with Gasteiger partial charge in [0.05, 0.1) is 24.5 Å². The van der Waals surface area contributed by atoms with E-state index in [0.29, 0.717) is 49.1 Å². The molecule has 1 unspecified atom stereocenters. The molecular formula is C27H31N3O5. The fraction of sp³-hybridized carbons (Fsp3) is 0.370. The lowest BCUT2D eigenvalue weighted by atomic mass is 9.95. The van der Waals surface area contributed by atoms with Gasteiger partial charge in [-0.15, -0.1) is 0 Å². The molecule has 3 aromatic rings. The Morgan fingerprint density at radius 2 is 2.06 bits per heavy atom. The minimum atomic E-state index is -0.753.